The van der Waals surface area contributed by atoms with E-state index in [2.05, 4.69) is 10.3 Å². The van der Waals surface area contributed by atoms with Gasteiger partial charge in [0.1, 0.15) is 22.7 Å². The molecule has 1 saturated heterocycles. The lowest BCUT2D eigenvalue weighted by Gasteiger charge is -2.30. The summed E-state index contributed by atoms with van der Waals surface area (Å²) in [5.74, 6) is -3.24. The zero-order chi connectivity index (χ0) is 23.4. The van der Waals surface area contributed by atoms with Crippen molar-refractivity contribution in [3.05, 3.63) is 52.2 Å². The number of aryl methyl sites for hydroxylation is 1. The molecule has 0 bridgehead atoms. The highest BCUT2D eigenvalue weighted by Crippen LogP contribution is 2.38. The second kappa shape index (κ2) is 7.88. The van der Waals surface area contributed by atoms with E-state index in [1.54, 1.807) is 0 Å². The smallest absolute Gasteiger partial charge is 0.335 e. The number of hydrogen-bond acceptors (Lipinski definition) is 3. The lowest BCUT2D eigenvalue weighted by Crippen LogP contribution is -2.49. The molecule has 1 saturated carbocycles. The number of anilines is 2. The molecule has 170 valence electrons. The molecular weight excluding hydrogens is 459 g/mol. The second-order valence-corrected chi connectivity index (χ2v) is 7.94. The fraction of sp³-hybridized carbons (Fsp3) is 0.350. The first-order valence-corrected chi connectivity index (χ1v) is 9.96. The minimum Gasteiger partial charge on any atom is -0.335 e. The van der Waals surface area contributed by atoms with E-state index < -0.39 is 52.4 Å². The zero-order valence-corrected chi connectivity index (χ0v) is 17.3. The van der Waals surface area contributed by atoms with E-state index in [4.69, 9.17) is 11.6 Å². The van der Waals surface area contributed by atoms with Crippen LogP contribution in [0.4, 0.5) is 38.3 Å². The Balaban J connectivity index is 1.74. The monoisotopic (exact) mass is 474 g/mol. The first-order valence-electron chi connectivity index (χ1n) is 9.58. The molecular formula is C20H16ClF5N4O2. The van der Waals surface area contributed by atoms with Crippen LogP contribution in [-0.2, 0) is 11.0 Å². The van der Waals surface area contributed by atoms with Crippen molar-refractivity contribution in [2.24, 2.45) is 0 Å². The van der Waals surface area contributed by atoms with E-state index in [0.29, 0.717) is 18.9 Å². The van der Waals surface area contributed by atoms with Gasteiger partial charge in [-0.2, -0.15) is 13.2 Å². The van der Waals surface area contributed by atoms with Gasteiger partial charge in [0.25, 0.3) is 5.91 Å². The maximum Gasteiger partial charge on any atom is 0.416 e. The number of benzene rings is 1. The summed E-state index contributed by atoms with van der Waals surface area (Å²) in [7, 11) is 0. The number of urea groups is 1. The van der Waals surface area contributed by atoms with Gasteiger partial charge < -0.3 is 10.2 Å². The van der Waals surface area contributed by atoms with Gasteiger partial charge in [-0.3, -0.25) is 9.69 Å². The third-order valence-electron chi connectivity index (χ3n) is 5.20. The molecule has 1 aromatic carbocycles. The Hall–Kier alpha value is -2.95. The quantitative estimate of drug-likeness (QED) is 0.526. The Morgan fingerprint density at radius 1 is 1.25 bits per heavy atom. The average molecular weight is 475 g/mol. The molecule has 2 heterocycles. The molecule has 1 aliphatic carbocycles. The van der Waals surface area contributed by atoms with E-state index >= 15 is 0 Å². The summed E-state index contributed by atoms with van der Waals surface area (Å²) < 4.78 is 68.1. The average Bonchev–Trinajstić information content (AvgIpc) is 3.47. The molecule has 1 aromatic heterocycles. The number of nitrogens with zero attached hydrogens (tertiary/aromatic N) is 3. The Bertz CT molecular complexity index is 1110. The molecule has 6 nitrogen and oxygen atoms in total. The number of pyridine rings is 1. The van der Waals surface area contributed by atoms with Crippen molar-refractivity contribution >= 4 is 35.0 Å². The number of nitrogens with one attached hydrogen (secondary N) is 1. The molecule has 2 aliphatic rings. The first kappa shape index (κ1) is 22.3. The number of aromatic nitrogens is 1. The number of amides is 3. The number of halogens is 6. The Morgan fingerprint density at radius 3 is 2.56 bits per heavy atom. The van der Waals surface area contributed by atoms with Crippen LogP contribution in [0.1, 0.15) is 24.1 Å². The Kier molecular flexibility index (Phi) is 5.48. The SMILES string of the molecule is Cc1cc(C(F)(F)F)cc(N2C(=O)NCC2C(=O)N(c2ccc(F)c(Cl)c2F)C2CC2)n1. The minimum absolute atomic E-state index is 0.00358. The molecule has 2 fully saturated rings. The molecule has 32 heavy (non-hydrogen) atoms. The summed E-state index contributed by atoms with van der Waals surface area (Å²) >= 11 is 5.66. The largest absolute Gasteiger partial charge is 0.416 e. The fourth-order valence-electron chi connectivity index (χ4n) is 3.59. The molecule has 1 N–H and O–H groups in total. The van der Waals surface area contributed by atoms with E-state index in [-0.39, 0.29) is 23.7 Å². The lowest BCUT2D eigenvalue weighted by molar-refractivity contribution is -0.137. The normalized spacial score (nSPS) is 18.7. The standard InChI is InChI=1S/C20H16ClF5N4O2/c1-9-6-10(20(24,25)26)7-15(28-9)30-14(8-27-19(30)32)18(31)29(11-2-3-11)13-5-4-12(22)16(21)17(13)23/h4-7,11,14H,2-3,8H2,1H3,(H,27,32). The number of alkyl halides is 3. The van der Waals surface area contributed by atoms with E-state index in [1.807, 2.05) is 0 Å². The summed E-state index contributed by atoms with van der Waals surface area (Å²) in [6.07, 6.45) is -3.61. The molecule has 0 radical (unpaired) electrons. The van der Waals surface area contributed by atoms with Crippen LogP contribution in [0.25, 0.3) is 0 Å². The fourth-order valence-corrected chi connectivity index (χ4v) is 3.75. The molecule has 12 heteroatoms. The van der Waals surface area contributed by atoms with Gasteiger partial charge in [0.05, 0.1) is 11.3 Å². The summed E-state index contributed by atoms with van der Waals surface area (Å²) in [6.45, 7) is 1.10. The third kappa shape index (κ3) is 3.96. The summed E-state index contributed by atoms with van der Waals surface area (Å²) in [5.41, 5.74) is -1.30. The van der Waals surface area contributed by atoms with Crippen molar-refractivity contribution in [2.75, 3.05) is 16.3 Å². The maximum absolute atomic E-state index is 14.7. The predicted molar refractivity (Wildman–Crippen MR) is 106 cm³/mol. The Labute approximate surface area is 184 Å². The Morgan fingerprint density at radius 2 is 1.94 bits per heavy atom. The van der Waals surface area contributed by atoms with Crippen LogP contribution >= 0.6 is 11.6 Å². The van der Waals surface area contributed by atoms with Crippen LogP contribution in [-0.4, -0.2) is 35.6 Å². The van der Waals surface area contributed by atoms with Gasteiger partial charge in [-0.05, 0) is 44.0 Å². The van der Waals surface area contributed by atoms with Crippen molar-refractivity contribution in [1.82, 2.24) is 10.3 Å². The van der Waals surface area contributed by atoms with Gasteiger partial charge >= 0.3 is 12.2 Å². The molecule has 2 aromatic rings. The molecule has 0 spiro atoms. The number of carbonyl (C=O) groups is 2. The van der Waals surface area contributed by atoms with Crippen molar-refractivity contribution in [2.45, 2.75) is 38.0 Å². The van der Waals surface area contributed by atoms with Gasteiger partial charge in [-0.1, -0.05) is 11.6 Å². The molecule has 3 amide bonds. The van der Waals surface area contributed by atoms with Crippen molar-refractivity contribution in [3.63, 3.8) is 0 Å². The number of rotatable bonds is 4. The maximum atomic E-state index is 14.7. The van der Waals surface area contributed by atoms with Crippen molar-refractivity contribution in [3.8, 4) is 0 Å². The van der Waals surface area contributed by atoms with Crippen molar-refractivity contribution < 1.29 is 31.5 Å². The van der Waals surface area contributed by atoms with Crippen LogP contribution in [0.5, 0.6) is 0 Å². The molecule has 1 unspecified atom stereocenters. The summed E-state index contributed by atoms with van der Waals surface area (Å²) in [4.78, 5) is 31.8. The van der Waals surface area contributed by atoms with Crippen LogP contribution in [0.15, 0.2) is 24.3 Å². The highest BCUT2D eigenvalue weighted by molar-refractivity contribution is 6.31. The second-order valence-electron chi connectivity index (χ2n) is 7.56. The van der Waals surface area contributed by atoms with Gasteiger partial charge in [-0.25, -0.2) is 18.6 Å². The number of hydrogen-bond donors (Lipinski definition) is 1. The summed E-state index contributed by atoms with van der Waals surface area (Å²) in [6, 6.07) is 0.956. The highest BCUT2D eigenvalue weighted by atomic mass is 35.5. The molecule has 1 atom stereocenters. The van der Waals surface area contributed by atoms with Crippen LogP contribution in [0, 0.1) is 18.6 Å². The van der Waals surface area contributed by atoms with Gasteiger partial charge in [0.15, 0.2) is 5.82 Å². The van der Waals surface area contributed by atoms with Crippen LogP contribution in [0.2, 0.25) is 5.02 Å². The predicted octanol–water partition coefficient (Wildman–Crippen LogP) is 4.43. The van der Waals surface area contributed by atoms with Crippen LogP contribution in [0.3, 0.4) is 0 Å². The first-order chi connectivity index (χ1) is 15.0. The number of carbonyl (C=O) groups excluding carboxylic acids is 2. The zero-order valence-electron chi connectivity index (χ0n) is 16.5. The third-order valence-corrected chi connectivity index (χ3v) is 5.55. The topological polar surface area (TPSA) is 65.5 Å². The molecule has 1 aliphatic heterocycles. The summed E-state index contributed by atoms with van der Waals surface area (Å²) in [5, 5.41) is 1.63. The lowest BCUT2D eigenvalue weighted by atomic mass is 10.1. The van der Waals surface area contributed by atoms with E-state index in [1.165, 1.54) is 6.92 Å². The van der Waals surface area contributed by atoms with E-state index in [9.17, 15) is 31.5 Å². The highest BCUT2D eigenvalue weighted by Gasteiger charge is 2.45. The van der Waals surface area contributed by atoms with Gasteiger partial charge in [0.2, 0.25) is 0 Å². The van der Waals surface area contributed by atoms with Crippen LogP contribution < -0.4 is 15.1 Å². The van der Waals surface area contributed by atoms with Crippen molar-refractivity contribution in [1.29, 1.82) is 0 Å². The van der Waals surface area contributed by atoms with Gasteiger partial charge in [-0.15, -0.1) is 0 Å². The minimum atomic E-state index is -4.69. The van der Waals surface area contributed by atoms with E-state index in [0.717, 1.165) is 28.0 Å². The van der Waals surface area contributed by atoms with Gasteiger partial charge in [0, 0.05) is 18.3 Å². The molecule has 4 rings (SSSR count).